The fourth-order valence-electron chi connectivity index (χ4n) is 2.99. The van der Waals surface area contributed by atoms with E-state index in [0.29, 0.717) is 17.3 Å². The number of hydrogen-bond donors (Lipinski definition) is 2. The Hall–Kier alpha value is -3.93. The minimum Gasteiger partial charge on any atom is -0.457 e. The smallest absolute Gasteiger partial charge is 0.222 e. The van der Waals surface area contributed by atoms with Crippen LogP contribution >= 0.6 is 0 Å². The number of aryl methyl sites for hydroxylation is 1. The average molecular weight is 369 g/mol. The largest absolute Gasteiger partial charge is 0.457 e. The molecule has 138 valence electrons. The SMILES string of the molecule is Cc1cc(Oc2ccc(-c3c(N)nc(N)nc3-c3ccccc3)cc2)ccn1. The molecule has 0 amide bonds. The molecular formula is C22H19N5O. The van der Waals surface area contributed by atoms with Crippen LogP contribution in [0.3, 0.4) is 0 Å². The summed E-state index contributed by atoms with van der Waals surface area (Å²) >= 11 is 0. The molecule has 6 nitrogen and oxygen atoms in total. The van der Waals surface area contributed by atoms with E-state index in [1.807, 2.05) is 73.7 Å². The molecular weight excluding hydrogens is 350 g/mol. The van der Waals surface area contributed by atoms with Crippen molar-refractivity contribution in [3.63, 3.8) is 0 Å². The highest BCUT2D eigenvalue weighted by Gasteiger charge is 2.15. The maximum Gasteiger partial charge on any atom is 0.222 e. The molecule has 2 heterocycles. The number of hydrogen-bond acceptors (Lipinski definition) is 6. The van der Waals surface area contributed by atoms with Gasteiger partial charge in [0.15, 0.2) is 0 Å². The van der Waals surface area contributed by atoms with Crippen molar-refractivity contribution in [2.75, 3.05) is 11.5 Å². The van der Waals surface area contributed by atoms with Crippen molar-refractivity contribution in [1.82, 2.24) is 15.0 Å². The van der Waals surface area contributed by atoms with Gasteiger partial charge in [-0.1, -0.05) is 42.5 Å². The van der Waals surface area contributed by atoms with Gasteiger partial charge in [0.25, 0.3) is 0 Å². The Morgan fingerprint density at radius 1 is 0.786 bits per heavy atom. The molecule has 0 saturated carbocycles. The summed E-state index contributed by atoms with van der Waals surface area (Å²) in [6.45, 7) is 1.92. The number of ether oxygens (including phenoxy) is 1. The number of anilines is 2. The fourth-order valence-corrected chi connectivity index (χ4v) is 2.99. The van der Waals surface area contributed by atoms with Gasteiger partial charge in [0.05, 0.1) is 11.3 Å². The van der Waals surface area contributed by atoms with Crippen LogP contribution < -0.4 is 16.2 Å². The molecule has 0 aliphatic heterocycles. The summed E-state index contributed by atoms with van der Waals surface area (Å²) in [5.74, 6) is 1.93. The van der Waals surface area contributed by atoms with Crippen LogP contribution in [-0.4, -0.2) is 15.0 Å². The number of aromatic nitrogens is 3. The number of pyridine rings is 1. The minimum absolute atomic E-state index is 0.146. The number of nitrogen functional groups attached to an aromatic ring is 2. The highest BCUT2D eigenvalue weighted by Crippen LogP contribution is 2.36. The van der Waals surface area contributed by atoms with Crippen molar-refractivity contribution in [3.05, 3.63) is 78.6 Å². The normalized spacial score (nSPS) is 10.6. The zero-order valence-corrected chi connectivity index (χ0v) is 15.3. The average Bonchev–Trinajstić information content (AvgIpc) is 2.69. The van der Waals surface area contributed by atoms with Crippen LogP contribution in [0.2, 0.25) is 0 Å². The van der Waals surface area contributed by atoms with Gasteiger partial charge in [-0.05, 0) is 30.7 Å². The third-order valence-electron chi connectivity index (χ3n) is 4.25. The van der Waals surface area contributed by atoms with E-state index in [-0.39, 0.29) is 5.95 Å². The fraction of sp³-hybridized carbons (Fsp3) is 0.0455. The molecule has 4 rings (SSSR count). The van der Waals surface area contributed by atoms with E-state index in [4.69, 9.17) is 16.2 Å². The Balaban J connectivity index is 1.72. The lowest BCUT2D eigenvalue weighted by atomic mass is 9.99. The zero-order chi connectivity index (χ0) is 19.5. The second-order valence-electron chi connectivity index (χ2n) is 6.32. The quantitative estimate of drug-likeness (QED) is 0.550. The number of nitrogens with zero attached hydrogens (tertiary/aromatic N) is 3. The molecule has 0 radical (unpaired) electrons. The Bertz CT molecular complexity index is 1110. The predicted octanol–water partition coefficient (Wildman–Crippen LogP) is 4.47. The van der Waals surface area contributed by atoms with E-state index in [1.165, 1.54) is 0 Å². The highest BCUT2D eigenvalue weighted by atomic mass is 16.5. The first-order valence-electron chi connectivity index (χ1n) is 8.79. The van der Waals surface area contributed by atoms with Crippen molar-refractivity contribution < 1.29 is 4.74 Å². The predicted molar refractivity (Wildman–Crippen MR) is 111 cm³/mol. The van der Waals surface area contributed by atoms with Gasteiger partial charge in [0.2, 0.25) is 5.95 Å². The van der Waals surface area contributed by atoms with E-state index < -0.39 is 0 Å². The Kier molecular flexibility index (Phi) is 4.60. The van der Waals surface area contributed by atoms with Crippen molar-refractivity contribution >= 4 is 11.8 Å². The number of benzene rings is 2. The van der Waals surface area contributed by atoms with Crippen LogP contribution in [0.25, 0.3) is 22.4 Å². The third kappa shape index (κ3) is 3.61. The molecule has 0 spiro atoms. The summed E-state index contributed by atoms with van der Waals surface area (Å²) in [6, 6.07) is 21.1. The molecule has 2 aromatic heterocycles. The van der Waals surface area contributed by atoms with Gasteiger partial charge in [0, 0.05) is 23.5 Å². The second-order valence-corrected chi connectivity index (χ2v) is 6.32. The molecule has 0 aliphatic carbocycles. The summed E-state index contributed by atoms with van der Waals surface area (Å²) in [5, 5.41) is 0. The van der Waals surface area contributed by atoms with Crippen LogP contribution in [-0.2, 0) is 0 Å². The first-order chi connectivity index (χ1) is 13.6. The van der Waals surface area contributed by atoms with Gasteiger partial charge in [-0.2, -0.15) is 4.98 Å². The summed E-state index contributed by atoms with van der Waals surface area (Å²) in [6.07, 6.45) is 1.72. The summed E-state index contributed by atoms with van der Waals surface area (Å²) in [7, 11) is 0. The highest BCUT2D eigenvalue weighted by molar-refractivity contribution is 5.88. The Morgan fingerprint density at radius 2 is 1.54 bits per heavy atom. The molecule has 6 heteroatoms. The van der Waals surface area contributed by atoms with Crippen molar-refractivity contribution in [1.29, 1.82) is 0 Å². The van der Waals surface area contributed by atoms with Crippen molar-refractivity contribution in [2.45, 2.75) is 6.92 Å². The molecule has 2 aromatic carbocycles. The van der Waals surface area contributed by atoms with E-state index in [0.717, 1.165) is 28.1 Å². The van der Waals surface area contributed by atoms with Gasteiger partial charge in [-0.25, -0.2) is 4.98 Å². The monoisotopic (exact) mass is 369 g/mol. The first kappa shape index (κ1) is 17.5. The lowest BCUT2D eigenvalue weighted by Crippen LogP contribution is -2.04. The van der Waals surface area contributed by atoms with E-state index >= 15 is 0 Å². The van der Waals surface area contributed by atoms with Gasteiger partial charge in [0.1, 0.15) is 17.3 Å². The second kappa shape index (κ2) is 7.36. The van der Waals surface area contributed by atoms with Gasteiger partial charge < -0.3 is 16.2 Å². The number of nitrogens with two attached hydrogens (primary N) is 2. The van der Waals surface area contributed by atoms with Gasteiger partial charge >= 0.3 is 0 Å². The number of rotatable bonds is 4. The molecule has 0 aliphatic rings. The molecule has 4 aromatic rings. The molecule has 0 fully saturated rings. The Labute approximate surface area is 162 Å². The molecule has 0 saturated heterocycles. The molecule has 0 unspecified atom stereocenters. The summed E-state index contributed by atoms with van der Waals surface area (Å²) < 4.78 is 5.89. The van der Waals surface area contributed by atoms with E-state index in [9.17, 15) is 0 Å². The Morgan fingerprint density at radius 3 is 2.25 bits per heavy atom. The topological polar surface area (TPSA) is 99.9 Å². The van der Waals surface area contributed by atoms with Crippen LogP contribution in [0.15, 0.2) is 72.9 Å². The van der Waals surface area contributed by atoms with E-state index in [1.54, 1.807) is 6.20 Å². The maximum atomic E-state index is 6.20. The summed E-state index contributed by atoms with van der Waals surface area (Å²) in [4.78, 5) is 12.7. The van der Waals surface area contributed by atoms with Crippen LogP contribution in [0.1, 0.15) is 5.69 Å². The van der Waals surface area contributed by atoms with Crippen molar-refractivity contribution in [2.24, 2.45) is 0 Å². The van der Waals surface area contributed by atoms with Crippen LogP contribution in [0.5, 0.6) is 11.5 Å². The third-order valence-corrected chi connectivity index (χ3v) is 4.25. The zero-order valence-electron chi connectivity index (χ0n) is 15.3. The lowest BCUT2D eigenvalue weighted by molar-refractivity contribution is 0.481. The standard InChI is InChI=1S/C22H19N5O/c1-14-13-18(11-12-25-14)28-17-9-7-15(8-10-17)19-20(16-5-3-2-4-6-16)26-22(24)27-21(19)23/h2-13H,1H3,(H4,23,24,26,27). The molecule has 0 atom stereocenters. The molecule has 0 bridgehead atoms. The van der Waals surface area contributed by atoms with Crippen LogP contribution in [0, 0.1) is 6.92 Å². The lowest BCUT2D eigenvalue weighted by Gasteiger charge is -2.13. The summed E-state index contributed by atoms with van der Waals surface area (Å²) in [5.41, 5.74) is 16.2. The maximum absolute atomic E-state index is 6.20. The van der Waals surface area contributed by atoms with Crippen molar-refractivity contribution in [3.8, 4) is 33.9 Å². The van der Waals surface area contributed by atoms with Crippen LogP contribution in [0.4, 0.5) is 11.8 Å². The van der Waals surface area contributed by atoms with E-state index in [2.05, 4.69) is 15.0 Å². The molecule has 4 N–H and O–H groups in total. The van der Waals surface area contributed by atoms with Gasteiger partial charge in [-0.3, -0.25) is 4.98 Å². The first-order valence-corrected chi connectivity index (χ1v) is 8.79. The minimum atomic E-state index is 0.146. The molecule has 28 heavy (non-hydrogen) atoms. The van der Waals surface area contributed by atoms with Gasteiger partial charge in [-0.15, -0.1) is 0 Å².